The van der Waals surface area contributed by atoms with Gasteiger partial charge in [0.2, 0.25) is 0 Å². The molecule has 1 saturated carbocycles. The van der Waals surface area contributed by atoms with Crippen LogP contribution in [0.25, 0.3) is 0 Å². The van der Waals surface area contributed by atoms with Gasteiger partial charge in [-0.15, -0.1) is 0 Å². The molecule has 2 rings (SSSR count). The van der Waals surface area contributed by atoms with Crippen molar-refractivity contribution in [3.05, 3.63) is 22.6 Å². The summed E-state index contributed by atoms with van der Waals surface area (Å²) in [4.78, 5) is 0. The largest absolute Gasteiger partial charge is 0.465 e. The smallest absolute Gasteiger partial charge is 0.149 e. The van der Waals surface area contributed by atoms with Crippen LogP contribution in [0.5, 0.6) is 0 Å². The summed E-state index contributed by atoms with van der Waals surface area (Å²) in [5, 5.41) is 10.8. The highest BCUT2D eigenvalue weighted by Gasteiger charge is 2.39. The second-order valence-corrected chi connectivity index (χ2v) is 6.58. The Morgan fingerprint density at radius 1 is 1.59 bits per heavy atom. The van der Waals surface area contributed by atoms with Crippen LogP contribution in [-0.4, -0.2) is 5.11 Å². The van der Waals surface area contributed by atoms with E-state index in [1.54, 1.807) is 6.26 Å². The molecular weight excluding hydrogens is 280 g/mol. The van der Waals surface area contributed by atoms with E-state index in [0.717, 1.165) is 23.7 Å². The molecule has 1 fully saturated rings. The Morgan fingerprint density at radius 3 is 2.94 bits per heavy atom. The van der Waals surface area contributed by atoms with Crippen LogP contribution < -0.4 is 0 Å². The van der Waals surface area contributed by atoms with E-state index >= 15 is 0 Å². The summed E-state index contributed by atoms with van der Waals surface area (Å²) in [7, 11) is 0. The summed E-state index contributed by atoms with van der Waals surface area (Å²) in [5.41, 5.74) is -0.764. The van der Waals surface area contributed by atoms with Gasteiger partial charge in [0.1, 0.15) is 11.4 Å². The second kappa shape index (κ2) is 5.15. The van der Waals surface area contributed by atoms with Crippen LogP contribution in [0.1, 0.15) is 51.7 Å². The minimum atomic E-state index is -0.764. The van der Waals surface area contributed by atoms with Crippen LogP contribution >= 0.6 is 15.9 Å². The summed E-state index contributed by atoms with van der Waals surface area (Å²) in [6.07, 6.45) is 6.80. The molecule has 1 N–H and O–H groups in total. The maximum absolute atomic E-state index is 10.8. The van der Waals surface area contributed by atoms with Crippen molar-refractivity contribution in [2.24, 2.45) is 11.8 Å². The standard InChI is InChI=1S/C14H21BrO2/c1-10(2)8-11-4-3-6-14(16,9-11)13-12(15)5-7-17-13/h5,7,10-11,16H,3-4,6,8-9H2,1-2H3. The quantitative estimate of drug-likeness (QED) is 0.894. The summed E-state index contributed by atoms with van der Waals surface area (Å²) < 4.78 is 6.36. The number of rotatable bonds is 3. The third kappa shape index (κ3) is 2.94. The maximum Gasteiger partial charge on any atom is 0.149 e. The number of halogens is 1. The summed E-state index contributed by atoms with van der Waals surface area (Å²) >= 11 is 3.45. The zero-order valence-corrected chi connectivity index (χ0v) is 12.2. The van der Waals surface area contributed by atoms with E-state index in [2.05, 4.69) is 29.8 Å². The average Bonchev–Trinajstić information content (AvgIpc) is 2.64. The van der Waals surface area contributed by atoms with Crippen LogP contribution in [0.4, 0.5) is 0 Å². The van der Waals surface area contributed by atoms with Crippen molar-refractivity contribution in [3.8, 4) is 0 Å². The molecule has 0 saturated heterocycles. The van der Waals surface area contributed by atoms with Gasteiger partial charge >= 0.3 is 0 Å². The van der Waals surface area contributed by atoms with Crippen molar-refractivity contribution in [2.45, 2.75) is 51.6 Å². The molecular formula is C14H21BrO2. The van der Waals surface area contributed by atoms with Gasteiger partial charge in [-0.25, -0.2) is 0 Å². The van der Waals surface area contributed by atoms with E-state index in [4.69, 9.17) is 4.42 Å². The molecule has 1 heterocycles. The molecule has 17 heavy (non-hydrogen) atoms. The average molecular weight is 301 g/mol. The van der Waals surface area contributed by atoms with Gasteiger partial charge in [0.25, 0.3) is 0 Å². The van der Waals surface area contributed by atoms with Gasteiger partial charge in [0, 0.05) is 0 Å². The summed E-state index contributed by atoms with van der Waals surface area (Å²) in [6.45, 7) is 4.49. The monoisotopic (exact) mass is 300 g/mol. The maximum atomic E-state index is 10.8. The molecule has 1 aromatic rings. The lowest BCUT2D eigenvalue weighted by molar-refractivity contribution is -0.0421. The molecule has 2 atom stereocenters. The third-order valence-electron chi connectivity index (χ3n) is 3.67. The Labute approximate surface area is 112 Å². The van der Waals surface area contributed by atoms with E-state index < -0.39 is 5.60 Å². The molecule has 3 heteroatoms. The molecule has 1 aliphatic rings. The van der Waals surface area contributed by atoms with Crippen LogP contribution in [0.3, 0.4) is 0 Å². The fraction of sp³-hybridized carbons (Fsp3) is 0.714. The molecule has 2 unspecified atom stereocenters. The van der Waals surface area contributed by atoms with E-state index in [9.17, 15) is 5.11 Å². The first-order valence-corrected chi connectivity index (χ1v) is 7.26. The van der Waals surface area contributed by atoms with Crippen LogP contribution in [0.2, 0.25) is 0 Å². The lowest BCUT2D eigenvalue weighted by Crippen LogP contribution is -2.33. The Hall–Kier alpha value is -0.280. The van der Waals surface area contributed by atoms with E-state index in [1.165, 1.54) is 12.8 Å². The van der Waals surface area contributed by atoms with Crippen LogP contribution in [0, 0.1) is 11.8 Å². The zero-order valence-electron chi connectivity index (χ0n) is 10.6. The van der Waals surface area contributed by atoms with Crippen molar-refractivity contribution in [1.29, 1.82) is 0 Å². The van der Waals surface area contributed by atoms with Crippen molar-refractivity contribution in [1.82, 2.24) is 0 Å². The normalized spacial score (nSPS) is 29.8. The first-order chi connectivity index (χ1) is 8.01. The van der Waals surface area contributed by atoms with E-state index in [1.807, 2.05) is 6.07 Å². The summed E-state index contributed by atoms with van der Waals surface area (Å²) in [6, 6.07) is 1.86. The number of aliphatic hydroxyl groups is 1. The first kappa shape index (κ1) is 13.2. The Kier molecular flexibility index (Phi) is 3.99. The molecule has 0 radical (unpaired) electrons. The predicted octanol–water partition coefficient (Wildman–Crippen LogP) is 4.47. The van der Waals surface area contributed by atoms with Crippen molar-refractivity contribution >= 4 is 15.9 Å². The topological polar surface area (TPSA) is 33.4 Å². The molecule has 0 bridgehead atoms. The minimum Gasteiger partial charge on any atom is -0.465 e. The van der Waals surface area contributed by atoms with Gasteiger partial charge in [-0.1, -0.05) is 20.3 Å². The van der Waals surface area contributed by atoms with Gasteiger partial charge in [-0.05, 0) is 59.5 Å². The molecule has 1 aliphatic carbocycles. The molecule has 96 valence electrons. The molecule has 1 aromatic heterocycles. The van der Waals surface area contributed by atoms with Crippen molar-refractivity contribution in [2.75, 3.05) is 0 Å². The molecule has 2 nitrogen and oxygen atoms in total. The Bertz CT molecular complexity index is 372. The van der Waals surface area contributed by atoms with E-state index in [0.29, 0.717) is 17.6 Å². The van der Waals surface area contributed by atoms with Gasteiger partial charge < -0.3 is 9.52 Å². The molecule has 0 amide bonds. The SMILES string of the molecule is CC(C)CC1CCCC(O)(c2occc2Br)C1. The van der Waals surface area contributed by atoms with Gasteiger partial charge in [0.15, 0.2) is 0 Å². The van der Waals surface area contributed by atoms with Crippen LogP contribution in [-0.2, 0) is 5.60 Å². The molecule has 0 aromatic carbocycles. The number of hydrogen-bond donors (Lipinski definition) is 1. The second-order valence-electron chi connectivity index (χ2n) is 5.72. The number of furan rings is 1. The van der Waals surface area contributed by atoms with Gasteiger partial charge in [-0.3, -0.25) is 0 Å². The third-order valence-corrected chi connectivity index (χ3v) is 4.30. The van der Waals surface area contributed by atoms with Crippen LogP contribution in [0.15, 0.2) is 21.2 Å². The number of hydrogen-bond acceptors (Lipinski definition) is 2. The highest BCUT2D eigenvalue weighted by Crippen LogP contribution is 2.44. The van der Waals surface area contributed by atoms with Gasteiger partial charge in [0.05, 0.1) is 10.7 Å². The highest BCUT2D eigenvalue weighted by atomic mass is 79.9. The van der Waals surface area contributed by atoms with Crippen molar-refractivity contribution < 1.29 is 9.52 Å². The lowest BCUT2D eigenvalue weighted by atomic mass is 9.74. The van der Waals surface area contributed by atoms with Gasteiger partial charge in [-0.2, -0.15) is 0 Å². The predicted molar refractivity (Wildman–Crippen MR) is 71.7 cm³/mol. The fourth-order valence-electron chi connectivity index (χ4n) is 3.06. The fourth-order valence-corrected chi connectivity index (χ4v) is 3.64. The highest BCUT2D eigenvalue weighted by molar-refractivity contribution is 9.10. The first-order valence-electron chi connectivity index (χ1n) is 6.47. The Balaban J connectivity index is 2.12. The minimum absolute atomic E-state index is 0.616. The zero-order chi connectivity index (χ0) is 12.5. The summed E-state index contributed by atoms with van der Waals surface area (Å²) in [5.74, 6) is 2.03. The van der Waals surface area contributed by atoms with E-state index in [-0.39, 0.29) is 0 Å². The molecule has 0 spiro atoms. The lowest BCUT2D eigenvalue weighted by Gasteiger charge is -2.36. The Morgan fingerprint density at radius 2 is 2.35 bits per heavy atom. The molecule has 0 aliphatic heterocycles. The van der Waals surface area contributed by atoms with Crippen molar-refractivity contribution in [3.63, 3.8) is 0 Å².